The molecule has 0 saturated carbocycles. The van der Waals surface area contributed by atoms with E-state index in [9.17, 15) is 4.39 Å². The molecule has 1 saturated heterocycles. The zero-order valence-electron chi connectivity index (χ0n) is 15.8. The lowest BCUT2D eigenvalue weighted by Gasteiger charge is -2.35. The van der Waals surface area contributed by atoms with Crippen LogP contribution in [0.2, 0.25) is 0 Å². The van der Waals surface area contributed by atoms with Crippen molar-refractivity contribution < 1.29 is 9.13 Å². The van der Waals surface area contributed by atoms with Gasteiger partial charge in [0.1, 0.15) is 5.82 Å². The van der Waals surface area contributed by atoms with E-state index in [1.54, 1.807) is 12.1 Å². The number of aromatic amines is 1. The first-order valence-corrected chi connectivity index (χ1v) is 9.67. The number of hydrogen-bond acceptors (Lipinski definition) is 4. The molecule has 1 aliphatic heterocycles. The molecule has 28 heavy (non-hydrogen) atoms. The number of halogens is 1. The van der Waals surface area contributed by atoms with Gasteiger partial charge in [0.25, 0.3) is 0 Å². The number of rotatable bonds is 7. The van der Waals surface area contributed by atoms with Crippen molar-refractivity contribution in [3.63, 3.8) is 0 Å². The Labute approximate surface area is 164 Å². The topological polar surface area (TPSA) is 53.2 Å². The van der Waals surface area contributed by atoms with Crippen LogP contribution in [0, 0.1) is 5.82 Å². The SMILES string of the molecule is Fc1ccc(-c2[nH]ncc2CNC[C@H](c2ccccc2)N2CCOCC2)cc1. The highest BCUT2D eigenvalue weighted by Gasteiger charge is 2.22. The molecule has 0 radical (unpaired) electrons. The second kappa shape index (κ2) is 9.10. The van der Waals surface area contributed by atoms with Crippen molar-refractivity contribution in [3.05, 3.63) is 77.7 Å². The van der Waals surface area contributed by atoms with E-state index in [1.165, 1.54) is 17.7 Å². The smallest absolute Gasteiger partial charge is 0.123 e. The molecule has 2 N–H and O–H groups in total. The van der Waals surface area contributed by atoms with Crippen molar-refractivity contribution >= 4 is 0 Å². The normalized spacial score (nSPS) is 16.2. The first-order chi connectivity index (χ1) is 13.8. The summed E-state index contributed by atoms with van der Waals surface area (Å²) in [6.45, 7) is 4.95. The first-order valence-electron chi connectivity index (χ1n) is 9.67. The highest BCUT2D eigenvalue weighted by atomic mass is 19.1. The predicted molar refractivity (Wildman–Crippen MR) is 107 cm³/mol. The fourth-order valence-electron chi connectivity index (χ4n) is 3.68. The van der Waals surface area contributed by atoms with Gasteiger partial charge in [0.05, 0.1) is 25.1 Å². The van der Waals surface area contributed by atoms with Crippen LogP contribution in [0.3, 0.4) is 0 Å². The van der Waals surface area contributed by atoms with E-state index in [0.29, 0.717) is 12.6 Å². The van der Waals surface area contributed by atoms with Crippen molar-refractivity contribution in [2.45, 2.75) is 12.6 Å². The summed E-state index contributed by atoms with van der Waals surface area (Å²) in [6, 6.07) is 17.4. The molecule has 0 unspecified atom stereocenters. The van der Waals surface area contributed by atoms with E-state index in [2.05, 4.69) is 44.7 Å². The molecule has 1 fully saturated rings. The number of morpholine rings is 1. The Morgan fingerprint density at radius 3 is 2.57 bits per heavy atom. The zero-order chi connectivity index (χ0) is 19.2. The molecule has 4 rings (SSSR count). The molecule has 0 spiro atoms. The van der Waals surface area contributed by atoms with Gasteiger partial charge in [0.2, 0.25) is 0 Å². The molecule has 3 aromatic rings. The maximum absolute atomic E-state index is 13.2. The molecule has 0 amide bonds. The average Bonchev–Trinajstić information content (AvgIpc) is 3.21. The number of nitrogens with zero attached hydrogens (tertiary/aromatic N) is 2. The minimum atomic E-state index is -0.237. The van der Waals surface area contributed by atoms with E-state index in [0.717, 1.165) is 49.7 Å². The van der Waals surface area contributed by atoms with Gasteiger partial charge in [-0.05, 0) is 29.8 Å². The van der Waals surface area contributed by atoms with Crippen molar-refractivity contribution in [2.24, 2.45) is 0 Å². The number of H-pyrrole nitrogens is 1. The molecule has 2 heterocycles. The van der Waals surface area contributed by atoms with Crippen LogP contribution in [0.4, 0.5) is 4.39 Å². The van der Waals surface area contributed by atoms with Gasteiger partial charge in [-0.3, -0.25) is 10.00 Å². The predicted octanol–water partition coefficient (Wildman–Crippen LogP) is 3.38. The minimum Gasteiger partial charge on any atom is -0.379 e. The zero-order valence-corrected chi connectivity index (χ0v) is 15.8. The maximum Gasteiger partial charge on any atom is 0.123 e. The third-order valence-electron chi connectivity index (χ3n) is 5.17. The van der Waals surface area contributed by atoms with Crippen molar-refractivity contribution in [1.82, 2.24) is 20.4 Å². The number of nitrogens with one attached hydrogen (secondary N) is 2. The molecule has 0 aliphatic carbocycles. The Kier molecular flexibility index (Phi) is 6.11. The molecular weight excluding hydrogens is 355 g/mol. The van der Waals surface area contributed by atoms with E-state index in [4.69, 9.17) is 4.74 Å². The molecule has 0 bridgehead atoms. The molecule has 6 heteroatoms. The lowest BCUT2D eigenvalue weighted by atomic mass is 10.0. The van der Waals surface area contributed by atoms with E-state index >= 15 is 0 Å². The van der Waals surface area contributed by atoms with E-state index < -0.39 is 0 Å². The summed E-state index contributed by atoms with van der Waals surface area (Å²) in [5.41, 5.74) is 4.24. The van der Waals surface area contributed by atoms with Crippen LogP contribution in [0.1, 0.15) is 17.2 Å². The molecule has 2 aromatic carbocycles. The van der Waals surface area contributed by atoms with Crippen LogP contribution in [0.15, 0.2) is 60.8 Å². The Morgan fingerprint density at radius 2 is 1.82 bits per heavy atom. The molecular formula is C22H25FN4O. The van der Waals surface area contributed by atoms with Gasteiger partial charge in [-0.1, -0.05) is 30.3 Å². The monoisotopic (exact) mass is 380 g/mol. The highest BCUT2D eigenvalue weighted by molar-refractivity contribution is 5.62. The lowest BCUT2D eigenvalue weighted by molar-refractivity contribution is 0.0161. The molecule has 146 valence electrons. The van der Waals surface area contributed by atoms with Crippen LogP contribution in [-0.2, 0) is 11.3 Å². The van der Waals surface area contributed by atoms with Gasteiger partial charge < -0.3 is 10.1 Å². The second-order valence-corrected chi connectivity index (χ2v) is 6.98. The summed E-state index contributed by atoms with van der Waals surface area (Å²) >= 11 is 0. The Morgan fingerprint density at radius 1 is 1.07 bits per heavy atom. The number of hydrogen-bond donors (Lipinski definition) is 2. The van der Waals surface area contributed by atoms with Gasteiger partial charge in [-0.25, -0.2) is 4.39 Å². The van der Waals surface area contributed by atoms with Crippen LogP contribution in [-0.4, -0.2) is 47.9 Å². The Bertz CT molecular complexity index is 860. The van der Waals surface area contributed by atoms with Crippen LogP contribution in [0.25, 0.3) is 11.3 Å². The fourth-order valence-corrected chi connectivity index (χ4v) is 3.68. The third kappa shape index (κ3) is 4.47. The quantitative estimate of drug-likeness (QED) is 0.660. The highest BCUT2D eigenvalue weighted by Crippen LogP contribution is 2.23. The molecule has 1 aromatic heterocycles. The summed E-state index contributed by atoms with van der Waals surface area (Å²) < 4.78 is 18.7. The largest absolute Gasteiger partial charge is 0.379 e. The van der Waals surface area contributed by atoms with E-state index in [-0.39, 0.29) is 5.82 Å². The minimum absolute atomic E-state index is 0.237. The van der Waals surface area contributed by atoms with Crippen molar-refractivity contribution in [3.8, 4) is 11.3 Å². The van der Waals surface area contributed by atoms with E-state index in [1.807, 2.05) is 12.3 Å². The van der Waals surface area contributed by atoms with Gasteiger partial charge in [-0.15, -0.1) is 0 Å². The van der Waals surface area contributed by atoms with Crippen LogP contribution >= 0.6 is 0 Å². The first kappa shape index (κ1) is 18.8. The summed E-state index contributed by atoms with van der Waals surface area (Å²) in [4.78, 5) is 2.47. The van der Waals surface area contributed by atoms with Gasteiger partial charge >= 0.3 is 0 Å². The Balaban J connectivity index is 1.44. The lowest BCUT2D eigenvalue weighted by Crippen LogP contribution is -2.42. The summed E-state index contributed by atoms with van der Waals surface area (Å²) in [6.07, 6.45) is 1.83. The van der Waals surface area contributed by atoms with Gasteiger partial charge in [-0.2, -0.15) is 5.10 Å². The average molecular weight is 380 g/mol. The number of aromatic nitrogens is 2. The summed E-state index contributed by atoms with van der Waals surface area (Å²) in [7, 11) is 0. The third-order valence-corrected chi connectivity index (χ3v) is 5.17. The molecule has 1 aliphatic rings. The summed E-state index contributed by atoms with van der Waals surface area (Å²) in [5.74, 6) is -0.237. The van der Waals surface area contributed by atoms with Crippen LogP contribution < -0.4 is 5.32 Å². The maximum atomic E-state index is 13.2. The van der Waals surface area contributed by atoms with Crippen molar-refractivity contribution in [1.29, 1.82) is 0 Å². The number of ether oxygens (including phenoxy) is 1. The number of benzene rings is 2. The van der Waals surface area contributed by atoms with Gasteiger partial charge in [0, 0.05) is 43.3 Å². The standard InChI is InChI=1S/C22H25FN4O/c23-20-8-6-18(7-9-20)22-19(15-25-26-22)14-24-16-21(17-4-2-1-3-5-17)27-10-12-28-13-11-27/h1-9,15,21,24H,10-14,16H2,(H,25,26)/t21-/m1/s1. The Hall–Kier alpha value is -2.54. The second-order valence-electron chi connectivity index (χ2n) is 6.98. The molecule has 5 nitrogen and oxygen atoms in total. The van der Waals surface area contributed by atoms with Crippen LogP contribution in [0.5, 0.6) is 0 Å². The molecule has 1 atom stereocenters. The summed E-state index contributed by atoms with van der Waals surface area (Å²) in [5, 5.41) is 10.8. The van der Waals surface area contributed by atoms with Crippen molar-refractivity contribution in [2.75, 3.05) is 32.8 Å². The fraction of sp³-hybridized carbons (Fsp3) is 0.318. The van der Waals surface area contributed by atoms with Gasteiger partial charge in [0.15, 0.2) is 0 Å².